The molecule has 0 rings (SSSR count). The minimum absolute atomic E-state index is 0.527. The third kappa shape index (κ3) is 47.6. The highest BCUT2D eigenvalue weighted by Crippen LogP contribution is 2.13. The Morgan fingerprint density at radius 3 is 0.633 bits per heavy atom. The summed E-state index contributed by atoms with van der Waals surface area (Å²) in [4.78, 5) is 0. The number of hydrogen-bond donors (Lipinski definition) is 1. The Morgan fingerprint density at radius 1 is 0.224 bits per heavy atom. The molecule has 296 valence electrons. The van der Waals surface area contributed by atoms with Crippen molar-refractivity contribution in [2.75, 3.05) is 139 Å². The van der Waals surface area contributed by atoms with Crippen molar-refractivity contribution in [1.82, 2.24) is 0 Å². The van der Waals surface area contributed by atoms with E-state index >= 15 is 0 Å². The van der Waals surface area contributed by atoms with Crippen molar-refractivity contribution in [1.29, 1.82) is 0 Å². The van der Waals surface area contributed by atoms with Crippen LogP contribution in [-0.4, -0.2) is 139 Å². The van der Waals surface area contributed by atoms with E-state index in [0.717, 1.165) is 13.0 Å². The van der Waals surface area contributed by atoms with Crippen LogP contribution in [0.4, 0.5) is 0 Å². The molecule has 11 nitrogen and oxygen atoms in total. The summed E-state index contributed by atoms with van der Waals surface area (Å²) in [7, 11) is 0. The normalized spacial score (nSPS) is 11.6. The van der Waals surface area contributed by atoms with Crippen LogP contribution in [-0.2, 0) is 47.4 Å². The highest BCUT2D eigenvalue weighted by molar-refractivity contribution is 4.50. The van der Waals surface area contributed by atoms with Crippen molar-refractivity contribution >= 4 is 0 Å². The molecule has 2 N–H and O–H groups in total. The standard InChI is InChI=1S/C38H79NO10/c1-2-3-4-5-6-7-8-9-10-11-12-13-14-15-16-17-19-40-21-23-42-25-27-44-29-31-46-33-35-48-37-38-49-36-34-47-32-30-45-28-26-43-24-22-41-20-18-39/h2-39H2,1H3. The lowest BCUT2D eigenvalue weighted by molar-refractivity contribution is -0.0263. The van der Waals surface area contributed by atoms with Gasteiger partial charge < -0.3 is 53.1 Å². The fraction of sp³-hybridized carbons (Fsp3) is 1.00. The highest BCUT2D eigenvalue weighted by Gasteiger charge is 1.98. The maximum atomic E-state index is 5.69. The maximum Gasteiger partial charge on any atom is 0.0701 e. The van der Waals surface area contributed by atoms with E-state index in [2.05, 4.69) is 6.92 Å². The van der Waals surface area contributed by atoms with Gasteiger partial charge in [0.25, 0.3) is 0 Å². The van der Waals surface area contributed by atoms with Gasteiger partial charge in [-0.2, -0.15) is 0 Å². The molecule has 0 amide bonds. The topological polar surface area (TPSA) is 118 Å². The molecule has 0 aliphatic carbocycles. The first-order chi connectivity index (χ1) is 24.4. The van der Waals surface area contributed by atoms with Gasteiger partial charge in [0.15, 0.2) is 0 Å². The van der Waals surface area contributed by atoms with Crippen molar-refractivity contribution in [2.24, 2.45) is 5.73 Å². The monoisotopic (exact) mass is 710 g/mol. The number of nitrogens with two attached hydrogens (primary N) is 1. The molecule has 11 heteroatoms. The molecule has 0 atom stereocenters. The number of unbranched alkanes of at least 4 members (excludes halogenated alkanes) is 15. The number of rotatable bonds is 46. The summed E-state index contributed by atoms with van der Waals surface area (Å²) in [6, 6.07) is 0. The van der Waals surface area contributed by atoms with Gasteiger partial charge >= 0.3 is 0 Å². The average molecular weight is 710 g/mol. The summed E-state index contributed by atoms with van der Waals surface area (Å²) in [5.41, 5.74) is 5.34. The molecular weight excluding hydrogens is 630 g/mol. The molecule has 0 radical (unpaired) electrons. The van der Waals surface area contributed by atoms with E-state index in [0.29, 0.717) is 132 Å². The summed E-state index contributed by atoms with van der Waals surface area (Å²) in [5, 5.41) is 0. The predicted molar refractivity (Wildman–Crippen MR) is 197 cm³/mol. The molecule has 0 heterocycles. The molecular formula is C38H79NO10. The van der Waals surface area contributed by atoms with E-state index in [1.807, 2.05) is 0 Å². The van der Waals surface area contributed by atoms with E-state index in [1.54, 1.807) is 0 Å². The second kappa shape index (κ2) is 47.6. The van der Waals surface area contributed by atoms with Crippen molar-refractivity contribution in [2.45, 2.75) is 110 Å². The third-order valence-electron chi connectivity index (χ3n) is 7.75. The second-order valence-electron chi connectivity index (χ2n) is 12.2. The van der Waals surface area contributed by atoms with E-state index in [-0.39, 0.29) is 0 Å². The van der Waals surface area contributed by atoms with Gasteiger partial charge in [-0.15, -0.1) is 0 Å². The molecule has 0 spiro atoms. The molecule has 0 aromatic heterocycles. The molecule has 0 fully saturated rings. The van der Waals surface area contributed by atoms with Crippen LogP contribution in [0.15, 0.2) is 0 Å². The van der Waals surface area contributed by atoms with Crippen molar-refractivity contribution in [3.8, 4) is 0 Å². The fourth-order valence-electron chi connectivity index (χ4n) is 4.92. The van der Waals surface area contributed by atoms with Crippen LogP contribution in [0.25, 0.3) is 0 Å². The van der Waals surface area contributed by atoms with Gasteiger partial charge in [-0.25, -0.2) is 0 Å². The Morgan fingerprint density at radius 2 is 0.408 bits per heavy atom. The zero-order valence-electron chi connectivity index (χ0n) is 31.8. The van der Waals surface area contributed by atoms with Crippen molar-refractivity contribution < 1.29 is 47.4 Å². The molecule has 0 aromatic rings. The van der Waals surface area contributed by atoms with Crippen molar-refractivity contribution in [3.05, 3.63) is 0 Å². The Balaban J connectivity index is 3.04. The molecule has 0 aliphatic heterocycles. The zero-order valence-corrected chi connectivity index (χ0v) is 31.8. The molecule has 0 aliphatic rings. The van der Waals surface area contributed by atoms with Crippen LogP contribution < -0.4 is 5.73 Å². The van der Waals surface area contributed by atoms with Crippen LogP contribution in [0, 0.1) is 0 Å². The first kappa shape index (κ1) is 48.6. The fourth-order valence-corrected chi connectivity index (χ4v) is 4.92. The quantitative estimate of drug-likeness (QED) is 0.0711. The summed E-state index contributed by atoms with van der Waals surface area (Å²) >= 11 is 0. The largest absolute Gasteiger partial charge is 0.379 e. The molecule has 0 unspecified atom stereocenters. The van der Waals surface area contributed by atoms with Crippen LogP contribution in [0.5, 0.6) is 0 Å². The van der Waals surface area contributed by atoms with Crippen LogP contribution >= 0.6 is 0 Å². The van der Waals surface area contributed by atoms with Gasteiger partial charge in [-0.05, 0) is 6.42 Å². The van der Waals surface area contributed by atoms with Crippen LogP contribution in [0.2, 0.25) is 0 Å². The van der Waals surface area contributed by atoms with Crippen LogP contribution in [0.1, 0.15) is 110 Å². The van der Waals surface area contributed by atoms with E-state index in [4.69, 9.17) is 53.1 Å². The average Bonchev–Trinajstić information content (AvgIpc) is 3.11. The minimum atomic E-state index is 0.527. The highest BCUT2D eigenvalue weighted by atomic mass is 16.6. The van der Waals surface area contributed by atoms with E-state index in [1.165, 1.54) is 96.3 Å². The lowest BCUT2D eigenvalue weighted by Gasteiger charge is -2.09. The van der Waals surface area contributed by atoms with Gasteiger partial charge in [-0.1, -0.05) is 103 Å². The van der Waals surface area contributed by atoms with Gasteiger partial charge in [0.2, 0.25) is 0 Å². The Labute approximate surface area is 301 Å². The molecule has 0 aromatic carbocycles. The zero-order chi connectivity index (χ0) is 35.2. The van der Waals surface area contributed by atoms with Gasteiger partial charge in [0.05, 0.1) is 126 Å². The SMILES string of the molecule is CCCCCCCCCCCCCCCCCCOCCOCCOCCOCCOCCOCCOCCOCCOCCOCCN. The minimum Gasteiger partial charge on any atom is -0.379 e. The van der Waals surface area contributed by atoms with Gasteiger partial charge in [0, 0.05) is 13.2 Å². The Bertz CT molecular complexity index is 519. The summed E-state index contributed by atoms with van der Waals surface area (Å²) < 4.78 is 54.8. The lowest BCUT2D eigenvalue weighted by Crippen LogP contribution is -2.15. The summed E-state index contributed by atoms with van der Waals surface area (Å²) in [6.45, 7) is 14.1. The first-order valence-electron chi connectivity index (χ1n) is 19.9. The lowest BCUT2D eigenvalue weighted by atomic mass is 10.0. The van der Waals surface area contributed by atoms with Gasteiger partial charge in [0.1, 0.15) is 0 Å². The first-order valence-corrected chi connectivity index (χ1v) is 19.9. The van der Waals surface area contributed by atoms with Crippen molar-refractivity contribution in [3.63, 3.8) is 0 Å². The Kier molecular flexibility index (Phi) is 47.1. The molecule has 0 saturated carbocycles. The molecule has 0 saturated heterocycles. The maximum absolute atomic E-state index is 5.69. The predicted octanol–water partition coefficient (Wildman–Crippen LogP) is 6.37. The number of ether oxygens (including phenoxy) is 10. The molecule has 0 bridgehead atoms. The van der Waals surface area contributed by atoms with E-state index in [9.17, 15) is 0 Å². The number of hydrogen-bond acceptors (Lipinski definition) is 11. The smallest absolute Gasteiger partial charge is 0.0701 e. The Hall–Kier alpha value is -0.440. The molecule has 49 heavy (non-hydrogen) atoms. The summed E-state index contributed by atoms with van der Waals surface area (Å²) in [5.74, 6) is 0. The van der Waals surface area contributed by atoms with E-state index < -0.39 is 0 Å². The third-order valence-corrected chi connectivity index (χ3v) is 7.75. The summed E-state index contributed by atoms with van der Waals surface area (Å²) in [6.07, 6.45) is 22.2. The second-order valence-corrected chi connectivity index (χ2v) is 12.2. The van der Waals surface area contributed by atoms with Crippen LogP contribution in [0.3, 0.4) is 0 Å². The van der Waals surface area contributed by atoms with Gasteiger partial charge in [-0.3, -0.25) is 0 Å².